The summed E-state index contributed by atoms with van der Waals surface area (Å²) >= 11 is 0. The summed E-state index contributed by atoms with van der Waals surface area (Å²) in [6, 6.07) is 16.5. The Morgan fingerprint density at radius 3 is 2.77 bits per heavy atom. The Balaban J connectivity index is 1.39. The van der Waals surface area contributed by atoms with Crippen LogP contribution in [0.15, 0.2) is 60.9 Å². The van der Waals surface area contributed by atoms with E-state index < -0.39 is 5.97 Å². The van der Waals surface area contributed by atoms with Crippen LogP contribution in [0.3, 0.4) is 0 Å². The summed E-state index contributed by atoms with van der Waals surface area (Å²) in [5.41, 5.74) is 4.35. The molecule has 5 rings (SSSR count). The molecule has 2 aromatic heterocycles. The molecular weight excluding hydrogens is 440 g/mol. The van der Waals surface area contributed by atoms with Crippen molar-refractivity contribution in [2.75, 3.05) is 18.6 Å². The highest BCUT2D eigenvalue weighted by molar-refractivity contribution is 5.88. The van der Waals surface area contributed by atoms with Gasteiger partial charge in [0, 0.05) is 42.5 Å². The summed E-state index contributed by atoms with van der Waals surface area (Å²) in [7, 11) is 3.74. The smallest absolute Gasteiger partial charge is 0.339 e. The summed E-state index contributed by atoms with van der Waals surface area (Å²) in [5.74, 6) is 0.449. The number of aromatic carboxylic acids is 1. The largest absolute Gasteiger partial charge is 0.496 e. The van der Waals surface area contributed by atoms with Gasteiger partial charge in [0.05, 0.1) is 24.4 Å². The average molecular weight is 471 g/mol. The number of ether oxygens (including phenoxy) is 1. The predicted molar refractivity (Wildman–Crippen MR) is 136 cm³/mol. The van der Waals surface area contributed by atoms with E-state index >= 15 is 0 Å². The zero-order chi connectivity index (χ0) is 24.4. The number of benzene rings is 2. The second-order valence-electron chi connectivity index (χ2n) is 9.06. The Kier molecular flexibility index (Phi) is 6.40. The summed E-state index contributed by atoms with van der Waals surface area (Å²) in [6.07, 6.45) is 7.86. The molecule has 1 saturated heterocycles. The molecule has 35 heavy (non-hydrogen) atoms. The molecular formula is C28H30N4O3. The van der Waals surface area contributed by atoms with Crippen LogP contribution in [-0.4, -0.2) is 39.3 Å². The number of anilines is 1. The minimum absolute atomic E-state index is 0.102. The fourth-order valence-corrected chi connectivity index (χ4v) is 5.26. The first-order valence-corrected chi connectivity index (χ1v) is 12.1. The van der Waals surface area contributed by atoms with E-state index in [0.717, 1.165) is 43.5 Å². The van der Waals surface area contributed by atoms with E-state index in [9.17, 15) is 9.90 Å². The molecule has 1 aliphatic heterocycles. The first kappa shape index (κ1) is 22.9. The number of para-hydroxylation sites is 2. The highest BCUT2D eigenvalue weighted by atomic mass is 16.5. The van der Waals surface area contributed by atoms with Crippen molar-refractivity contribution in [3.63, 3.8) is 0 Å². The van der Waals surface area contributed by atoms with Crippen molar-refractivity contribution in [1.29, 1.82) is 0 Å². The number of carbonyl (C=O) groups is 1. The zero-order valence-corrected chi connectivity index (χ0v) is 20.1. The third kappa shape index (κ3) is 4.46. The molecule has 4 aromatic rings. The van der Waals surface area contributed by atoms with Gasteiger partial charge in [-0.3, -0.25) is 0 Å². The Hall–Kier alpha value is -3.87. The van der Waals surface area contributed by atoms with Crippen molar-refractivity contribution in [2.24, 2.45) is 7.05 Å². The Morgan fingerprint density at radius 1 is 1.14 bits per heavy atom. The van der Waals surface area contributed by atoms with Crippen LogP contribution in [0.5, 0.6) is 5.75 Å². The molecule has 0 aliphatic carbocycles. The first-order valence-electron chi connectivity index (χ1n) is 12.1. The number of methoxy groups -OCH3 is 1. The summed E-state index contributed by atoms with van der Waals surface area (Å²) in [4.78, 5) is 23.4. The molecule has 0 spiro atoms. The minimum Gasteiger partial charge on any atom is -0.496 e. The lowest BCUT2D eigenvalue weighted by Crippen LogP contribution is -2.26. The third-order valence-corrected chi connectivity index (χ3v) is 6.93. The van der Waals surface area contributed by atoms with E-state index in [1.54, 1.807) is 7.11 Å². The quantitative estimate of drug-likeness (QED) is 0.382. The lowest BCUT2D eigenvalue weighted by molar-refractivity contribution is 0.0694. The van der Waals surface area contributed by atoms with Gasteiger partial charge in [0.1, 0.15) is 5.75 Å². The van der Waals surface area contributed by atoms with Crippen molar-refractivity contribution in [3.8, 4) is 5.75 Å². The Bertz CT molecular complexity index is 1360. The van der Waals surface area contributed by atoms with Crippen molar-refractivity contribution >= 4 is 22.8 Å². The van der Waals surface area contributed by atoms with Crippen molar-refractivity contribution in [2.45, 2.75) is 38.1 Å². The molecule has 0 amide bonds. The molecule has 0 bridgehead atoms. The van der Waals surface area contributed by atoms with Crippen LogP contribution in [0.25, 0.3) is 10.9 Å². The maximum atomic E-state index is 11.9. The molecule has 7 heteroatoms. The van der Waals surface area contributed by atoms with Crippen LogP contribution in [-0.2, 0) is 19.9 Å². The number of carboxylic acid groups (broad SMARTS) is 1. The highest BCUT2D eigenvalue weighted by Crippen LogP contribution is 2.38. The van der Waals surface area contributed by atoms with E-state index in [4.69, 9.17) is 9.72 Å². The number of carboxylic acids is 1. The lowest BCUT2D eigenvalue weighted by Gasteiger charge is -2.26. The lowest BCUT2D eigenvalue weighted by atomic mass is 10.0. The molecule has 1 atom stereocenters. The normalized spacial score (nSPS) is 15.6. The Morgan fingerprint density at radius 2 is 1.94 bits per heavy atom. The molecule has 180 valence electrons. The van der Waals surface area contributed by atoms with Gasteiger partial charge in [-0.2, -0.15) is 0 Å². The van der Waals surface area contributed by atoms with Crippen molar-refractivity contribution in [1.82, 2.24) is 14.5 Å². The fourth-order valence-electron chi connectivity index (χ4n) is 5.26. The molecule has 0 saturated carbocycles. The molecule has 0 unspecified atom stereocenters. The van der Waals surface area contributed by atoms with E-state index in [1.807, 2.05) is 24.3 Å². The standard InChI is InChI=1S/C28H30N4O3/c1-31-18-19(20-10-3-5-13-24(20)31)9-7-12-23-22(27(33)34)17-29-28(30-23)32-16-8-14-25(32)21-11-4-6-15-26(21)35-2/h3-6,10-11,13,15,17-18,25H,7-9,12,14,16H2,1-2H3,(H,33,34)/t25-/m0/s1. The third-order valence-electron chi connectivity index (χ3n) is 6.93. The molecule has 3 heterocycles. The van der Waals surface area contributed by atoms with Crippen molar-refractivity contribution < 1.29 is 14.6 Å². The molecule has 1 aliphatic rings. The average Bonchev–Trinajstić information content (AvgIpc) is 3.49. The highest BCUT2D eigenvalue weighted by Gasteiger charge is 2.30. The van der Waals surface area contributed by atoms with Gasteiger partial charge < -0.3 is 19.3 Å². The topological polar surface area (TPSA) is 80.5 Å². The van der Waals surface area contributed by atoms with Crippen LogP contribution in [0.2, 0.25) is 0 Å². The molecule has 1 N–H and O–H groups in total. The van der Waals surface area contributed by atoms with Crippen LogP contribution in [0.1, 0.15) is 52.5 Å². The van der Waals surface area contributed by atoms with Gasteiger partial charge in [0.25, 0.3) is 0 Å². The second kappa shape index (κ2) is 9.78. The minimum atomic E-state index is -0.987. The van der Waals surface area contributed by atoms with Gasteiger partial charge in [0.15, 0.2) is 0 Å². The van der Waals surface area contributed by atoms with Crippen LogP contribution in [0, 0.1) is 0 Å². The van der Waals surface area contributed by atoms with Crippen LogP contribution in [0.4, 0.5) is 5.95 Å². The van der Waals surface area contributed by atoms with Gasteiger partial charge in [-0.15, -0.1) is 0 Å². The molecule has 1 fully saturated rings. The molecule has 2 aromatic carbocycles. The van der Waals surface area contributed by atoms with Gasteiger partial charge in [0.2, 0.25) is 5.95 Å². The Labute approximate surface area is 205 Å². The van der Waals surface area contributed by atoms with Gasteiger partial charge in [-0.05, 0) is 49.8 Å². The predicted octanol–water partition coefficient (Wildman–Crippen LogP) is 5.19. The fraction of sp³-hybridized carbons (Fsp3) is 0.321. The SMILES string of the molecule is COc1ccccc1[C@@H]1CCCN1c1ncc(C(=O)O)c(CCCc2cn(C)c3ccccc23)n1. The molecule has 7 nitrogen and oxygen atoms in total. The van der Waals surface area contributed by atoms with Crippen LogP contribution < -0.4 is 9.64 Å². The van der Waals surface area contributed by atoms with E-state index in [-0.39, 0.29) is 11.6 Å². The zero-order valence-electron chi connectivity index (χ0n) is 20.1. The number of aromatic nitrogens is 3. The summed E-state index contributed by atoms with van der Waals surface area (Å²) in [5, 5.41) is 11.0. The van der Waals surface area contributed by atoms with Crippen molar-refractivity contribution in [3.05, 3.63) is 83.3 Å². The summed E-state index contributed by atoms with van der Waals surface area (Å²) in [6.45, 7) is 0.824. The molecule has 0 radical (unpaired) electrons. The monoisotopic (exact) mass is 470 g/mol. The van der Waals surface area contributed by atoms with E-state index in [2.05, 4.69) is 52.0 Å². The van der Waals surface area contributed by atoms with Gasteiger partial charge >= 0.3 is 5.97 Å². The maximum absolute atomic E-state index is 11.9. The van der Waals surface area contributed by atoms with E-state index in [0.29, 0.717) is 18.1 Å². The second-order valence-corrected chi connectivity index (χ2v) is 9.06. The number of hydrogen-bond donors (Lipinski definition) is 1. The number of hydrogen-bond acceptors (Lipinski definition) is 5. The van der Waals surface area contributed by atoms with Gasteiger partial charge in [-0.25, -0.2) is 14.8 Å². The number of aryl methyl sites for hydroxylation is 3. The first-order chi connectivity index (χ1) is 17.1. The number of nitrogens with zero attached hydrogens (tertiary/aromatic N) is 4. The van der Waals surface area contributed by atoms with E-state index in [1.165, 1.54) is 22.7 Å². The van der Waals surface area contributed by atoms with Crippen LogP contribution >= 0.6 is 0 Å². The van der Waals surface area contributed by atoms with Gasteiger partial charge in [-0.1, -0.05) is 36.4 Å². The number of rotatable bonds is 8. The summed E-state index contributed by atoms with van der Waals surface area (Å²) < 4.78 is 7.74. The number of fused-ring (bicyclic) bond motifs is 1. The maximum Gasteiger partial charge on any atom is 0.339 e.